The average Bonchev–Trinajstić information content (AvgIpc) is 2.91. The number of hydrogen-bond acceptors (Lipinski definition) is 7. The van der Waals surface area contributed by atoms with E-state index in [4.69, 9.17) is 4.74 Å². The summed E-state index contributed by atoms with van der Waals surface area (Å²) in [4.78, 5) is 15.0. The lowest BCUT2D eigenvalue weighted by Gasteiger charge is -2.23. The lowest BCUT2D eigenvalue weighted by atomic mass is 10.2. The number of nitrogens with zero attached hydrogens (tertiary/aromatic N) is 4. The van der Waals surface area contributed by atoms with Crippen molar-refractivity contribution in [1.29, 1.82) is 0 Å². The van der Waals surface area contributed by atoms with E-state index in [2.05, 4.69) is 25.2 Å². The summed E-state index contributed by atoms with van der Waals surface area (Å²) in [5.41, 5.74) is 0. The predicted molar refractivity (Wildman–Crippen MR) is 74.7 cm³/mol. The molecule has 0 saturated carbocycles. The second-order valence-corrected chi connectivity index (χ2v) is 5.25. The minimum atomic E-state index is 0.355. The van der Waals surface area contributed by atoms with Crippen LogP contribution in [0.25, 0.3) is 0 Å². The number of aromatic nitrogens is 3. The van der Waals surface area contributed by atoms with Crippen LogP contribution in [0.15, 0.2) is 0 Å². The highest BCUT2D eigenvalue weighted by atomic mass is 32.2. The Morgan fingerprint density at radius 1 is 1.44 bits per heavy atom. The summed E-state index contributed by atoms with van der Waals surface area (Å²) < 4.78 is 5.12. The Kier molecular flexibility index (Phi) is 4.46. The van der Waals surface area contributed by atoms with Crippen molar-refractivity contribution in [3.05, 3.63) is 0 Å². The van der Waals surface area contributed by atoms with Crippen LogP contribution in [0.5, 0.6) is 6.01 Å². The quantitative estimate of drug-likeness (QED) is 0.863. The zero-order valence-corrected chi connectivity index (χ0v) is 11.8. The predicted octanol–water partition coefficient (Wildman–Crippen LogP) is 1.25. The molecule has 1 aliphatic heterocycles. The van der Waals surface area contributed by atoms with E-state index in [1.54, 1.807) is 7.11 Å². The lowest BCUT2D eigenvalue weighted by molar-refractivity contribution is 0.378. The number of thioether (sulfide) groups is 1. The van der Waals surface area contributed by atoms with Crippen LogP contribution in [0, 0.1) is 0 Å². The molecule has 18 heavy (non-hydrogen) atoms. The minimum absolute atomic E-state index is 0.355. The van der Waals surface area contributed by atoms with Gasteiger partial charge < -0.3 is 15.0 Å². The van der Waals surface area contributed by atoms with Crippen molar-refractivity contribution >= 4 is 23.7 Å². The van der Waals surface area contributed by atoms with E-state index in [9.17, 15) is 0 Å². The number of methoxy groups -OCH3 is 1. The van der Waals surface area contributed by atoms with Gasteiger partial charge in [-0.25, -0.2) is 0 Å². The van der Waals surface area contributed by atoms with Crippen LogP contribution in [-0.4, -0.2) is 53.2 Å². The van der Waals surface area contributed by atoms with Crippen LogP contribution >= 0.6 is 11.8 Å². The largest absolute Gasteiger partial charge is 0.467 e. The second kappa shape index (κ2) is 6.08. The third-order valence-corrected chi connectivity index (χ3v) is 4.03. The van der Waals surface area contributed by atoms with Gasteiger partial charge in [-0.05, 0) is 19.1 Å². The molecule has 0 aromatic carbocycles. The number of ether oxygens (including phenoxy) is 1. The molecule has 1 saturated heterocycles. The summed E-state index contributed by atoms with van der Waals surface area (Å²) in [5.74, 6) is 3.57. The Morgan fingerprint density at radius 2 is 2.28 bits per heavy atom. The van der Waals surface area contributed by atoms with Crippen LogP contribution < -0.4 is 15.0 Å². The summed E-state index contributed by atoms with van der Waals surface area (Å²) in [7, 11) is 3.60. The zero-order valence-electron chi connectivity index (χ0n) is 11.0. The van der Waals surface area contributed by atoms with E-state index in [-0.39, 0.29) is 0 Å². The molecule has 2 rings (SSSR count). The van der Waals surface area contributed by atoms with Gasteiger partial charge in [0.05, 0.1) is 7.11 Å². The maximum atomic E-state index is 5.12. The summed E-state index contributed by atoms with van der Waals surface area (Å²) >= 11 is 1.97. The number of rotatable bonds is 5. The molecule has 100 valence electrons. The molecule has 1 N–H and O–H groups in total. The van der Waals surface area contributed by atoms with Crippen molar-refractivity contribution in [3.8, 4) is 6.01 Å². The lowest BCUT2D eigenvalue weighted by Crippen LogP contribution is -2.33. The van der Waals surface area contributed by atoms with Gasteiger partial charge in [0.1, 0.15) is 0 Å². The standard InChI is InChI=1S/C11H19N5OS/c1-4-12-9-13-10(15-11(14-9)17-3)16(2)8-5-6-18-7-8/h8H,4-7H2,1-3H3,(H,12,13,14,15). The smallest absolute Gasteiger partial charge is 0.322 e. The highest BCUT2D eigenvalue weighted by molar-refractivity contribution is 7.99. The first kappa shape index (κ1) is 13.2. The molecule has 2 heterocycles. The summed E-state index contributed by atoms with van der Waals surface area (Å²) in [6.45, 7) is 2.78. The fourth-order valence-electron chi connectivity index (χ4n) is 1.82. The van der Waals surface area contributed by atoms with Gasteiger partial charge in [-0.1, -0.05) is 0 Å². The fraction of sp³-hybridized carbons (Fsp3) is 0.727. The van der Waals surface area contributed by atoms with Crippen molar-refractivity contribution in [2.75, 3.05) is 42.4 Å². The van der Waals surface area contributed by atoms with Crippen LogP contribution in [0.1, 0.15) is 13.3 Å². The normalized spacial score (nSPS) is 18.7. The third-order valence-electron chi connectivity index (χ3n) is 2.89. The first-order valence-electron chi connectivity index (χ1n) is 6.09. The first-order valence-corrected chi connectivity index (χ1v) is 7.24. The van der Waals surface area contributed by atoms with Gasteiger partial charge in [-0.2, -0.15) is 26.7 Å². The van der Waals surface area contributed by atoms with E-state index in [1.807, 2.05) is 25.7 Å². The van der Waals surface area contributed by atoms with Gasteiger partial charge in [0.2, 0.25) is 11.9 Å². The molecular weight excluding hydrogens is 250 g/mol. The highest BCUT2D eigenvalue weighted by Gasteiger charge is 2.23. The van der Waals surface area contributed by atoms with Gasteiger partial charge in [-0.3, -0.25) is 0 Å². The maximum absolute atomic E-state index is 5.12. The SMILES string of the molecule is CCNc1nc(OC)nc(N(C)C2CCSC2)n1. The molecular formula is C11H19N5OS. The van der Waals surface area contributed by atoms with E-state index in [1.165, 1.54) is 12.2 Å². The Morgan fingerprint density at radius 3 is 2.89 bits per heavy atom. The molecule has 1 aliphatic rings. The molecule has 6 nitrogen and oxygen atoms in total. The maximum Gasteiger partial charge on any atom is 0.322 e. The van der Waals surface area contributed by atoms with Crippen molar-refractivity contribution in [2.45, 2.75) is 19.4 Å². The summed E-state index contributed by atoms with van der Waals surface area (Å²) in [5, 5.41) is 3.09. The molecule has 0 aliphatic carbocycles. The average molecular weight is 269 g/mol. The van der Waals surface area contributed by atoms with E-state index < -0.39 is 0 Å². The summed E-state index contributed by atoms with van der Waals surface area (Å²) in [6, 6.07) is 0.852. The Bertz CT molecular complexity index is 397. The molecule has 1 fully saturated rings. The van der Waals surface area contributed by atoms with Gasteiger partial charge >= 0.3 is 6.01 Å². The molecule has 0 radical (unpaired) electrons. The van der Waals surface area contributed by atoms with Crippen molar-refractivity contribution < 1.29 is 4.74 Å². The van der Waals surface area contributed by atoms with Crippen LogP contribution in [0.4, 0.5) is 11.9 Å². The van der Waals surface area contributed by atoms with E-state index in [0.717, 1.165) is 12.3 Å². The van der Waals surface area contributed by atoms with Crippen molar-refractivity contribution in [1.82, 2.24) is 15.0 Å². The van der Waals surface area contributed by atoms with Crippen molar-refractivity contribution in [2.24, 2.45) is 0 Å². The van der Waals surface area contributed by atoms with Gasteiger partial charge in [0, 0.05) is 25.4 Å². The zero-order chi connectivity index (χ0) is 13.0. The molecule has 1 atom stereocenters. The van der Waals surface area contributed by atoms with Gasteiger partial charge in [-0.15, -0.1) is 0 Å². The van der Waals surface area contributed by atoms with Crippen LogP contribution in [0.2, 0.25) is 0 Å². The van der Waals surface area contributed by atoms with Crippen LogP contribution in [-0.2, 0) is 0 Å². The molecule has 7 heteroatoms. The van der Waals surface area contributed by atoms with Gasteiger partial charge in [0.25, 0.3) is 0 Å². The molecule has 0 bridgehead atoms. The summed E-state index contributed by atoms with van der Waals surface area (Å²) in [6.07, 6.45) is 1.17. The molecule has 1 unspecified atom stereocenters. The minimum Gasteiger partial charge on any atom is -0.467 e. The number of anilines is 2. The molecule has 0 amide bonds. The monoisotopic (exact) mass is 269 g/mol. The first-order chi connectivity index (χ1) is 8.74. The van der Waals surface area contributed by atoms with Gasteiger partial charge in [0.15, 0.2) is 0 Å². The fourth-order valence-corrected chi connectivity index (χ4v) is 3.09. The highest BCUT2D eigenvalue weighted by Crippen LogP contribution is 2.25. The number of nitrogens with one attached hydrogen (secondary N) is 1. The Labute approximate surface area is 112 Å². The molecule has 1 aromatic rings. The van der Waals surface area contributed by atoms with Crippen molar-refractivity contribution in [3.63, 3.8) is 0 Å². The second-order valence-electron chi connectivity index (χ2n) is 4.10. The van der Waals surface area contributed by atoms with Crippen LogP contribution in [0.3, 0.4) is 0 Å². The third kappa shape index (κ3) is 2.95. The number of hydrogen-bond donors (Lipinski definition) is 1. The topological polar surface area (TPSA) is 63.2 Å². The Balaban J connectivity index is 2.21. The van der Waals surface area contributed by atoms with E-state index >= 15 is 0 Å². The molecule has 0 spiro atoms. The molecule has 1 aromatic heterocycles. The van der Waals surface area contributed by atoms with E-state index in [0.29, 0.717) is 23.9 Å². The Hall–Kier alpha value is -1.24.